The third-order valence-electron chi connectivity index (χ3n) is 3.72. The molecule has 0 radical (unpaired) electrons. The van der Waals surface area contributed by atoms with Gasteiger partial charge in [-0.3, -0.25) is 9.38 Å². The minimum absolute atomic E-state index is 0.0515. The Morgan fingerprint density at radius 3 is 2.62 bits per heavy atom. The molecule has 0 saturated carbocycles. The fourth-order valence-corrected chi connectivity index (χ4v) is 3.15. The predicted octanol–water partition coefficient (Wildman–Crippen LogP) is 5.08. The smallest absolute Gasteiger partial charge is 0.149 e. The molecule has 3 heterocycles. The molecule has 1 N–H and O–H groups in total. The highest BCUT2D eigenvalue weighted by atomic mass is 35.5. The van der Waals surface area contributed by atoms with Crippen LogP contribution in [0.4, 0.5) is 0 Å². The number of aromatic nitrogens is 3. The van der Waals surface area contributed by atoms with E-state index in [0.717, 1.165) is 16.9 Å². The Balaban J connectivity index is 2.05. The van der Waals surface area contributed by atoms with Crippen LogP contribution in [0.2, 0.25) is 10.0 Å². The molecule has 4 aromatic rings. The predicted molar refractivity (Wildman–Crippen MR) is 95.5 cm³/mol. The number of pyridine rings is 2. The fourth-order valence-electron chi connectivity index (χ4n) is 2.66. The first-order valence-electron chi connectivity index (χ1n) is 7.22. The van der Waals surface area contributed by atoms with Gasteiger partial charge in [0.15, 0.2) is 0 Å². The van der Waals surface area contributed by atoms with E-state index in [1.165, 1.54) is 6.07 Å². The van der Waals surface area contributed by atoms with E-state index in [2.05, 4.69) is 4.98 Å². The van der Waals surface area contributed by atoms with Crippen LogP contribution in [0.5, 0.6) is 5.75 Å². The maximum atomic E-state index is 10.4. The van der Waals surface area contributed by atoms with Crippen molar-refractivity contribution in [3.8, 4) is 28.5 Å². The molecule has 0 aliphatic rings. The van der Waals surface area contributed by atoms with Crippen molar-refractivity contribution in [1.82, 2.24) is 14.4 Å². The van der Waals surface area contributed by atoms with Gasteiger partial charge in [-0.05, 0) is 36.4 Å². The summed E-state index contributed by atoms with van der Waals surface area (Å²) in [6, 6.07) is 14.6. The van der Waals surface area contributed by atoms with E-state index in [-0.39, 0.29) is 10.8 Å². The summed E-state index contributed by atoms with van der Waals surface area (Å²) in [5, 5.41) is 11.0. The average molecular weight is 356 g/mol. The minimum Gasteiger partial charge on any atom is -0.506 e. The van der Waals surface area contributed by atoms with Crippen LogP contribution in [0, 0.1) is 0 Å². The van der Waals surface area contributed by atoms with Gasteiger partial charge in [-0.15, -0.1) is 0 Å². The lowest BCUT2D eigenvalue weighted by Crippen LogP contribution is -1.89. The van der Waals surface area contributed by atoms with Crippen LogP contribution >= 0.6 is 23.2 Å². The van der Waals surface area contributed by atoms with Gasteiger partial charge in [0.05, 0.1) is 21.8 Å². The minimum atomic E-state index is -0.0515. The Hall–Kier alpha value is -2.56. The summed E-state index contributed by atoms with van der Waals surface area (Å²) < 4.78 is 1.88. The summed E-state index contributed by atoms with van der Waals surface area (Å²) in [5.74, 6) is 0.498. The van der Waals surface area contributed by atoms with Gasteiger partial charge in [0, 0.05) is 17.4 Å². The molecule has 0 atom stereocenters. The molecule has 1 aromatic carbocycles. The molecular formula is C18H11Cl2N3O. The summed E-state index contributed by atoms with van der Waals surface area (Å²) >= 11 is 12.2. The Labute approximate surface area is 148 Å². The Morgan fingerprint density at radius 1 is 1.00 bits per heavy atom. The lowest BCUT2D eigenvalue weighted by Gasteiger charge is -2.06. The Morgan fingerprint density at radius 2 is 1.83 bits per heavy atom. The van der Waals surface area contributed by atoms with Gasteiger partial charge < -0.3 is 5.11 Å². The van der Waals surface area contributed by atoms with Gasteiger partial charge in [0.1, 0.15) is 17.3 Å². The van der Waals surface area contributed by atoms with Crippen LogP contribution in [0.15, 0.2) is 60.9 Å². The molecule has 4 nitrogen and oxygen atoms in total. The van der Waals surface area contributed by atoms with E-state index in [0.29, 0.717) is 16.4 Å². The lowest BCUT2D eigenvalue weighted by molar-refractivity contribution is 0.477. The van der Waals surface area contributed by atoms with Crippen molar-refractivity contribution < 1.29 is 5.11 Å². The fraction of sp³-hybridized carbons (Fsp3) is 0. The van der Waals surface area contributed by atoms with Gasteiger partial charge in [0.2, 0.25) is 0 Å². The normalized spacial score (nSPS) is 11.1. The number of benzene rings is 1. The third kappa shape index (κ3) is 2.40. The summed E-state index contributed by atoms with van der Waals surface area (Å²) in [5.41, 5.74) is 2.82. The van der Waals surface area contributed by atoms with Crippen molar-refractivity contribution in [2.45, 2.75) is 0 Å². The number of nitrogens with zero attached hydrogens (tertiary/aromatic N) is 3. The van der Waals surface area contributed by atoms with E-state index in [9.17, 15) is 5.11 Å². The third-order valence-corrected chi connectivity index (χ3v) is 4.23. The zero-order chi connectivity index (χ0) is 16.7. The second kappa shape index (κ2) is 5.82. The van der Waals surface area contributed by atoms with Crippen LogP contribution in [-0.2, 0) is 0 Å². The zero-order valence-corrected chi connectivity index (χ0v) is 13.8. The maximum absolute atomic E-state index is 10.4. The Kier molecular flexibility index (Phi) is 3.63. The highest BCUT2D eigenvalue weighted by Gasteiger charge is 2.19. The first kappa shape index (κ1) is 15.0. The van der Waals surface area contributed by atoms with Crippen LogP contribution in [0.25, 0.3) is 28.3 Å². The first-order chi connectivity index (χ1) is 11.6. The molecule has 24 heavy (non-hydrogen) atoms. The van der Waals surface area contributed by atoms with Gasteiger partial charge in [-0.1, -0.05) is 35.3 Å². The van der Waals surface area contributed by atoms with Gasteiger partial charge >= 0.3 is 0 Å². The highest BCUT2D eigenvalue weighted by molar-refractivity contribution is 6.36. The second-order valence-electron chi connectivity index (χ2n) is 5.24. The van der Waals surface area contributed by atoms with Crippen LogP contribution < -0.4 is 0 Å². The highest BCUT2D eigenvalue weighted by Crippen LogP contribution is 2.39. The van der Waals surface area contributed by atoms with Crippen molar-refractivity contribution in [3.05, 3.63) is 71.0 Å². The Bertz CT molecular complexity index is 1050. The number of hydrogen-bond acceptors (Lipinski definition) is 3. The number of imidazole rings is 1. The summed E-state index contributed by atoms with van der Waals surface area (Å²) in [4.78, 5) is 9.07. The first-order valence-corrected chi connectivity index (χ1v) is 7.97. The number of hydrogen-bond donors (Lipinski definition) is 1. The van der Waals surface area contributed by atoms with Crippen molar-refractivity contribution in [2.24, 2.45) is 0 Å². The van der Waals surface area contributed by atoms with Crippen molar-refractivity contribution in [1.29, 1.82) is 0 Å². The molecule has 0 saturated heterocycles. The summed E-state index contributed by atoms with van der Waals surface area (Å²) in [6.07, 6.45) is 3.59. The maximum Gasteiger partial charge on any atom is 0.149 e. The van der Waals surface area contributed by atoms with E-state index in [1.54, 1.807) is 12.3 Å². The number of rotatable bonds is 2. The van der Waals surface area contributed by atoms with Crippen molar-refractivity contribution >= 4 is 28.7 Å². The monoisotopic (exact) mass is 355 g/mol. The molecule has 3 aromatic heterocycles. The van der Waals surface area contributed by atoms with E-state index in [1.807, 2.05) is 47.0 Å². The molecule has 0 amide bonds. The molecule has 0 spiro atoms. The van der Waals surface area contributed by atoms with Crippen LogP contribution in [-0.4, -0.2) is 19.5 Å². The van der Waals surface area contributed by atoms with Gasteiger partial charge in [-0.25, -0.2) is 4.98 Å². The van der Waals surface area contributed by atoms with Crippen molar-refractivity contribution in [2.75, 3.05) is 0 Å². The zero-order valence-electron chi connectivity index (χ0n) is 12.3. The summed E-state index contributed by atoms with van der Waals surface area (Å²) in [7, 11) is 0. The number of phenols is 1. The molecule has 0 bridgehead atoms. The number of aromatic hydroxyl groups is 1. The SMILES string of the molecule is Oc1c(Cl)cc(Cl)cc1-c1nc(-c2ccccn2)c2ccccn12. The second-order valence-corrected chi connectivity index (χ2v) is 6.08. The molecule has 4 rings (SSSR count). The molecule has 0 aliphatic carbocycles. The quantitative estimate of drug-likeness (QED) is 0.545. The van der Waals surface area contributed by atoms with E-state index >= 15 is 0 Å². The van der Waals surface area contributed by atoms with E-state index in [4.69, 9.17) is 28.2 Å². The molecule has 6 heteroatoms. The van der Waals surface area contributed by atoms with Gasteiger partial charge in [-0.2, -0.15) is 0 Å². The molecule has 118 valence electrons. The van der Waals surface area contributed by atoms with Crippen LogP contribution in [0.1, 0.15) is 0 Å². The van der Waals surface area contributed by atoms with Crippen LogP contribution in [0.3, 0.4) is 0 Å². The van der Waals surface area contributed by atoms with E-state index < -0.39 is 0 Å². The lowest BCUT2D eigenvalue weighted by atomic mass is 10.2. The average Bonchev–Trinajstić information content (AvgIpc) is 2.98. The molecule has 0 unspecified atom stereocenters. The largest absolute Gasteiger partial charge is 0.506 e. The topological polar surface area (TPSA) is 50.4 Å². The van der Waals surface area contributed by atoms with Gasteiger partial charge in [0.25, 0.3) is 0 Å². The number of halogens is 2. The molecule has 0 aliphatic heterocycles. The number of phenolic OH excluding ortho intramolecular Hbond substituents is 1. The molecule has 0 fully saturated rings. The molecular weight excluding hydrogens is 345 g/mol. The summed E-state index contributed by atoms with van der Waals surface area (Å²) in [6.45, 7) is 0. The standard InChI is InChI=1S/C18H11Cl2N3O/c19-11-9-12(17(24)13(20)10-11)18-22-16(14-5-1-3-7-21-14)15-6-2-4-8-23(15)18/h1-10,24H. The van der Waals surface area contributed by atoms with Crippen molar-refractivity contribution in [3.63, 3.8) is 0 Å². The number of fused-ring (bicyclic) bond motifs is 1.